The van der Waals surface area contributed by atoms with Crippen LogP contribution in [-0.4, -0.2) is 21.8 Å². The van der Waals surface area contributed by atoms with Crippen LogP contribution in [0.3, 0.4) is 0 Å². The van der Waals surface area contributed by atoms with E-state index in [1.54, 1.807) is 0 Å². The van der Waals surface area contributed by atoms with Gasteiger partial charge < -0.3 is 10.4 Å². The number of oxime groups is 2. The lowest BCUT2D eigenvalue weighted by Crippen LogP contribution is -2.27. The van der Waals surface area contributed by atoms with Crippen LogP contribution in [0.15, 0.2) is 34.6 Å². The summed E-state index contributed by atoms with van der Waals surface area (Å²) in [6.45, 7) is 3.86. The third-order valence-corrected chi connectivity index (χ3v) is 2.87. The lowest BCUT2D eigenvalue weighted by molar-refractivity contribution is 0.312. The molecule has 4 nitrogen and oxygen atoms in total. The molecule has 0 unspecified atom stereocenters. The van der Waals surface area contributed by atoms with Crippen LogP contribution in [-0.2, 0) is 5.41 Å². The number of benzene rings is 1. The van der Waals surface area contributed by atoms with Crippen molar-refractivity contribution in [3.05, 3.63) is 35.4 Å². The van der Waals surface area contributed by atoms with Crippen molar-refractivity contribution in [2.75, 3.05) is 0 Å². The van der Waals surface area contributed by atoms with Crippen LogP contribution in [0, 0.1) is 0 Å². The second-order valence-electron chi connectivity index (χ2n) is 4.07. The van der Waals surface area contributed by atoms with Crippen molar-refractivity contribution < 1.29 is 10.4 Å². The Labute approximate surface area is 87.5 Å². The van der Waals surface area contributed by atoms with Crippen molar-refractivity contribution in [1.82, 2.24) is 0 Å². The van der Waals surface area contributed by atoms with Crippen LogP contribution in [0.1, 0.15) is 25.0 Å². The molecule has 2 rings (SSSR count). The molecule has 15 heavy (non-hydrogen) atoms. The minimum atomic E-state index is -0.424. The predicted molar refractivity (Wildman–Crippen MR) is 57.0 cm³/mol. The van der Waals surface area contributed by atoms with Gasteiger partial charge in [-0.15, -0.1) is 0 Å². The van der Waals surface area contributed by atoms with E-state index in [2.05, 4.69) is 10.3 Å². The first-order valence-electron chi connectivity index (χ1n) is 4.67. The molecule has 2 N–H and O–H groups in total. The molecule has 1 aliphatic carbocycles. The minimum absolute atomic E-state index is 0.345. The van der Waals surface area contributed by atoms with Gasteiger partial charge >= 0.3 is 0 Å². The summed E-state index contributed by atoms with van der Waals surface area (Å²) in [5.41, 5.74) is 2.14. The Morgan fingerprint density at radius 3 is 2.33 bits per heavy atom. The highest BCUT2D eigenvalue weighted by Crippen LogP contribution is 2.36. The predicted octanol–water partition coefficient (Wildman–Crippen LogP) is 1.99. The second kappa shape index (κ2) is 3.08. The quantitative estimate of drug-likeness (QED) is 0.501. The Kier molecular flexibility index (Phi) is 2.00. The van der Waals surface area contributed by atoms with Gasteiger partial charge in [0, 0.05) is 11.0 Å². The first kappa shape index (κ1) is 9.71. The molecule has 78 valence electrons. The standard InChI is InChI=1S/C11H12N2O2/c1-11(2)8-6-4-3-5-7(8)9(12-14)10(11)13-15/h3-6,14-15H,1-2H3/b12-9-,13-10-. The lowest BCUT2D eigenvalue weighted by Gasteiger charge is -2.18. The van der Waals surface area contributed by atoms with Crippen LogP contribution in [0.4, 0.5) is 0 Å². The Hall–Kier alpha value is -1.84. The first-order valence-corrected chi connectivity index (χ1v) is 4.67. The van der Waals surface area contributed by atoms with Gasteiger partial charge in [0.1, 0.15) is 11.4 Å². The van der Waals surface area contributed by atoms with E-state index in [0.29, 0.717) is 11.4 Å². The highest BCUT2D eigenvalue weighted by atomic mass is 16.4. The Morgan fingerprint density at radius 1 is 1.07 bits per heavy atom. The fraction of sp³-hybridized carbons (Fsp3) is 0.273. The summed E-state index contributed by atoms with van der Waals surface area (Å²) in [7, 11) is 0. The molecule has 0 atom stereocenters. The van der Waals surface area contributed by atoms with E-state index in [0.717, 1.165) is 11.1 Å². The second-order valence-corrected chi connectivity index (χ2v) is 4.07. The Bertz CT molecular complexity index is 461. The molecule has 0 radical (unpaired) electrons. The van der Waals surface area contributed by atoms with E-state index in [1.165, 1.54) is 0 Å². The van der Waals surface area contributed by atoms with Crippen molar-refractivity contribution in [2.45, 2.75) is 19.3 Å². The van der Waals surface area contributed by atoms with Gasteiger partial charge in [0.25, 0.3) is 0 Å². The monoisotopic (exact) mass is 204 g/mol. The molecular weight excluding hydrogens is 192 g/mol. The summed E-state index contributed by atoms with van der Waals surface area (Å²) in [5.74, 6) is 0. The molecule has 0 aromatic heterocycles. The third-order valence-electron chi connectivity index (χ3n) is 2.87. The van der Waals surface area contributed by atoms with Gasteiger partial charge in [-0.3, -0.25) is 0 Å². The zero-order valence-corrected chi connectivity index (χ0v) is 8.60. The van der Waals surface area contributed by atoms with E-state index < -0.39 is 5.41 Å². The average Bonchev–Trinajstić information content (AvgIpc) is 2.46. The maximum atomic E-state index is 8.97. The molecule has 0 saturated carbocycles. The van der Waals surface area contributed by atoms with E-state index in [-0.39, 0.29) is 0 Å². The van der Waals surface area contributed by atoms with Crippen LogP contribution in [0.2, 0.25) is 0 Å². The van der Waals surface area contributed by atoms with Gasteiger partial charge in [0.15, 0.2) is 0 Å². The number of fused-ring (bicyclic) bond motifs is 1. The normalized spacial score (nSPS) is 23.3. The lowest BCUT2D eigenvalue weighted by atomic mass is 9.85. The minimum Gasteiger partial charge on any atom is -0.411 e. The summed E-state index contributed by atoms with van der Waals surface area (Å²) in [6, 6.07) is 7.57. The van der Waals surface area contributed by atoms with Gasteiger partial charge in [-0.05, 0) is 19.4 Å². The van der Waals surface area contributed by atoms with Crippen LogP contribution in [0.5, 0.6) is 0 Å². The molecule has 4 heteroatoms. The third kappa shape index (κ3) is 1.14. The van der Waals surface area contributed by atoms with E-state index in [1.807, 2.05) is 38.1 Å². The largest absolute Gasteiger partial charge is 0.411 e. The van der Waals surface area contributed by atoms with Gasteiger partial charge in [0.05, 0.1) is 0 Å². The van der Waals surface area contributed by atoms with E-state index in [4.69, 9.17) is 10.4 Å². The fourth-order valence-electron chi connectivity index (χ4n) is 2.06. The number of nitrogens with zero attached hydrogens (tertiary/aromatic N) is 2. The van der Waals surface area contributed by atoms with E-state index in [9.17, 15) is 0 Å². The van der Waals surface area contributed by atoms with Crippen molar-refractivity contribution >= 4 is 11.4 Å². The maximum absolute atomic E-state index is 8.97. The van der Waals surface area contributed by atoms with Gasteiger partial charge in [0.2, 0.25) is 0 Å². The highest BCUT2D eigenvalue weighted by Gasteiger charge is 2.41. The topological polar surface area (TPSA) is 65.2 Å². The SMILES string of the molecule is CC1(C)C(=N\O)/C(=N\O)c2ccccc21. The molecule has 0 heterocycles. The molecule has 1 aromatic rings. The summed E-state index contributed by atoms with van der Waals surface area (Å²) >= 11 is 0. The van der Waals surface area contributed by atoms with Crippen LogP contribution < -0.4 is 0 Å². The molecule has 1 aliphatic rings. The molecule has 1 aromatic carbocycles. The molecule has 0 aliphatic heterocycles. The molecular formula is C11H12N2O2. The smallest absolute Gasteiger partial charge is 0.135 e. The van der Waals surface area contributed by atoms with Gasteiger partial charge in [-0.2, -0.15) is 0 Å². The van der Waals surface area contributed by atoms with Gasteiger partial charge in [-0.25, -0.2) is 0 Å². The zero-order valence-electron chi connectivity index (χ0n) is 8.60. The van der Waals surface area contributed by atoms with Crippen molar-refractivity contribution in [1.29, 1.82) is 0 Å². The maximum Gasteiger partial charge on any atom is 0.135 e. The van der Waals surface area contributed by atoms with Crippen molar-refractivity contribution in [3.63, 3.8) is 0 Å². The summed E-state index contributed by atoms with van der Waals surface area (Å²) in [4.78, 5) is 0. The molecule has 0 spiro atoms. The first-order chi connectivity index (χ1) is 7.12. The summed E-state index contributed by atoms with van der Waals surface area (Å²) < 4.78 is 0. The average molecular weight is 204 g/mol. The Morgan fingerprint density at radius 2 is 1.73 bits per heavy atom. The number of rotatable bonds is 0. The Balaban J connectivity index is 2.76. The summed E-state index contributed by atoms with van der Waals surface area (Å²) in [6.07, 6.45) is 0. The van der Waals surface area contributed by atoms with Crippen LogP contribution >= 0.6 is 0 Å². The molecule has 0 fully saturated rings. The molecule has 0 saturated heterocycles. The van der Waals surface area contributed by atoms with Crippen molar-refractivity contribution in [3.8, 4) is 0 Å². The highest BCUT2D eigenvalue weighted by molar-refractivity contribution is 6.54. The molecule has 0 amide bonds. The van der Waals surface area contributed by atoms with E-state index >= 15 is 0 Å². The summed E-state index contributed by atoms with van der Waals surface area (Å²) in [5, 5.41) is 24.3. The van der Waals surface area contributed by atoms with Gasteiger partial charge in [-0.1, -0.05) is 34.6 Å². The van der Waals surface area contributed by atoms with Crippen molar-refractivity contribution in [2.24, 2.45) is 10.3 Å². The zero-order chi connectivity index (χ0) is 11.1. The molecule has 0 bridgehead atoms. The van der Waals surface area contributed by atoms with Crippen LogP contribution in [0.25, 0.3) is 0 Å². The number of hydrogen-bond donors (Lipinski definition) is 2. The number of hydrogen-bond acceptors (Lipinski definition) is 4. The fourth-order valence-corrected chi connectivity index (χ4v) is 2.06.